The lowest BCUT2D eigenvalue weighted by molar-refractivity contribution is -0.302. The number of nitrogens with zero attached hydrogens (tertiary/aromatic N) is 7. The van der Waals surface area contributed by atoms with E-state index < -0.39 is 71.8 Å². The summed E-state index contributed by atoms with van der Waals surface area (Å²) in [6, 6.07) is 4.78. The predicted molar refractivity (Wildman–Crippen MR) is 232 cm³/mol. The molecule has 1 amide bonds. The van der Waals surface area contributed by atoms with Gasteiger partial charge >= 0.3 is 12.1 Å². The van der Waals surface area contributed by atoms with Crippen LogP contribution in [0.25, 0.3) is 11.4 Å². The van der Waals surface area contributed by atoms with Crippen molar-refractivity contribution in [2.75, 3.05) is 46.1 Å². The number of likely N-dealkylation sites (N-methyl/N-ethyl adjacent to an activating group) is 1. The normalized spacial score (nSPS) is 38.4. The Bertz CT molecular complexity index is 2020. The second kappa shape index (κ2) is 19.0. The molecule has 7 heterocycles. The highest BCUT2D eigenvalue weighted by Crippen LogP contribution is 2.45. The van der Waals surface area contributed by atoms with Gasteiger partial charge in [-0.1, -0.05) is 38.9 Å². The molecule has 0 aliphatic carbocycles. The van der Waals surface area contributed by atoms with E-state index in [1.54, 1.807) is 18.0 Å². The van der Waals surface area contributed by atoms with Crippen LogP contribution >= 0.6 is 0 Å². The zero-order valence-electron chi connectivity index (χ0n) is 38.3. The summed E-state index contributed by atoms with van der Waals surface area (Å²) in [6.45, 7) is 16.4. The van der Waals surface area contributed by atoms with Crippen molar-refractivity contribution in [2.24, 2.45) is 33.8 Å². The summed E-state index contributed by atoms with van der Waals surface area (Å²) in [7, 11) is 3.86. The largest absolute Gasteiger partial charge is 0.458 e. The molecular weight excluding hydrogens is 813 g/mol. The summed E-state index contributed by atoms with van der Waals surface area (Å²) in [5.41, 5.74) is 6.61. The number of aliphatic hydroxyl groups is 1. The van der Waals surface area contributed by atoms with Crippen LogP contribution in [-0.2, 0) is 44.7 Å². The quantitative estimate of drug-likeness (QED) is 0.280. The van der Waals surface area contributed by atoms with Gasteiger partial charge in [-0.3, -0.25) is 19.7 Å². The third-order valence-electron chi connectivity index (χ3n) is 13.7. The van der Waals surface area contributed by atoms with Gasteiger partial charge in [0.1, 0.15) is 29.4 Å². The van der Waals surface area contributed by atoms with E-state index in [1.807, 2.05) is 71.8 Å². The lowest BCUT2D eigenvalue weighted by atomic mass is 9.72. The Kier molecular flexibility index (Phi) is 14.1. The molecule has 2 aromatic heterocycles. The first-order valence-electron chi connectivity index (χ1n) is 22.3. The minimum absolute atomic E-state index is 0.0186. The summed E-state index contributed by atoms with van der Waals surface area (Å²) in [6.07, 6.45) is -0.591. The van der Waals surface area contributed by atoms with Crippen molar-refractivity contribution in [3.8, 4) is 11.4 Å². The molecule has 0 saturated carbocycles. The van der Waals surface area contributed by atoms with Crippen LogP contribution in [0.15, 0.2) is 40.7 Å². The number of nitrogens with two attached hydrogens (primary N) is 1. The average Bonchev–Trinajstić information content (AvgIpc) is 3.39. The molecular formula is C45H66N8O10. The van der Waals surface area contributed by atoms with Gasteiger partial charge in [-0.15, -0.1) is 0 Å². The minimum atomic E-state index is -1.15. The van der Waals surface area contributed by atoms with Gasteiger partial charge in [0, 0.05) is 30.1 Å². The van der Waals surface area contributed by atoms with Crippen molar-refractivity contribution in [1.82, 2.24) is 24.8 Å². The fourth-order valence-corrected chi connectivity index (χ4v) is 10.6. The number of aliphatic imine (C=N–C) groups is 1. The fourth-order valence-electron chi connectivity index (χ4n) is 10.6. The molecule has 63 heavy (non-hydrogen) atoms. The summed E-state index contributed by atoms with van der Waals surface area (Å²) in [5, 5.41) is 16.3. The predicted octanol–water partition coefficient (Wildman–Crippen LogP) is 4.28. The van der Waals surface area contributed by atoms with Crippen LogP contribution in [0.4, 0.5) is 10.6 Å². The SMILES string of the molecule is CC[C@H]1OC(=O)[C@@H](C)[C@H]2OCC(=NOCc3cccc(-c4cncc(N)n4)n3)CO[C@](C)(C[C@@H](C)C3=NCCN4C(=O)O[C@@]1(C)[C@H]4[C@H]3C)[C@H](O[C@H]1O[C@@H](C)C[C@@H](N(C)C)[C@@H]1O)[C@H]2C. The number of anilines is 1. The van der Waals surface area contributed by atoms with E-state index in [1.165, 1.54) is 6.20 Å². The zero-order chi connectivity index (χ0) is 45.4. The first-order valence-corrected chi connectivity index (χ1v) is 22.3. The third-order valence-corrected chi connectivity index (χ3v) is 13.7. The Morgan fingerprint density at radius 3 is 2.56 bits per heavy atom. The maximum absolute atomic E-state index is 14.6. The van der Waals surface area contributed by atoms with Crippen LogP contribution in [-0.4, -0.2) is 154 Å². The number of carbonyl (C=O) groups is 2. The third kappa shape index (κ3) is 9.57. The van der Waals surface area contributed by atoms with Crippen LogP contribution < -0.4 is 5.73 Å². The van der Waals surface area contributed by atoms with E-state index >= 15 is 0 Å². The number of esters is 1. The molecule has 5 aliphatic rings. The fraction of sp³-hybridized carbons (Fsp3) is 0.711. The van der Waals surface area contributed by atoms with Crippen molar-refractivity contribution < 1.29 is 48.0 Å². The molecule has 346 valence electrons. The van der Waals surface area contributed by atoms with Crippen LogP contribution in [0.2, 0.25) is 0 Å². The second-order valence-corrected chi connectivity index (χ2v) is 18.7. The minimum Gasteiger partial charge on any atom is -0.458 e. The molecule has 2 aromatic rings. The number of rotatable bonds is 8. The number of carbonyl (C=O) groups excluding carboxylic acids is 2. The first-order chi connectivity index (χ1) is 29.9. The number of pyridine rings is 1. The van der Waals surface area contributed by atoms with Gasteiger partial charge in [-0.2, -0.15) is 0 Å². The van der Waals surface area contributed by atoms with Gasteiger partial charge in [0.15, 0.2) is 18.5 Å². The van der Waals surface area contributed by atoms with Gasteiger partial charge in [0.05, 0.1) is 79.4 Å². The van der Waals surface area contributed by atoms with Crippen molar-refractivity contribution in [2.45, 2.75) is 141 Å². The van der Waals surface area contributed by atoms with E-state index in [4.69, 9.17) is 44.0 Å². The number of nitrogen functional groups attached to an aromatic ring is 1. The van der Waals surface area contributed by atoms with Crippen molar-refractivity contribution in [3.63, 3.8) is 0 Å². The number of hydrogen-bond donors (Lipinski definition) is 2. The number of oxime groups is 1. The van der Waals surface area contributed by atoms with Crippen LogP contribution in [0.5, 0.6) is 0 Å². The van der Waals surface area contributed by atoms with Crippen molar-refractivity contribution in [3.05, 3.63) is 36.3 Å². The highest BCUT2D eigenvalue weighted by molar-refractivity contribution is 5.91. The van der Waals surface area contributed by atoms with E-state index in [9.17, 15) is 14.7 Å². The molecule has 0 unspecified atom stereocenters. The van der Waals surface area contributed by atoms with E-state index in [-0.39, 0.29) is 49.6 Å². The number of hydrogen-bond acceptors (Lipinski definition) is 17. The number of aromatic nitrogens is 3. The molecule has 4 bridgehead atoms. The number of aliphatic hydroxyl groups excluding tert-OH is 1. The number of cyclic esters (lactones) is 1. The van der Waals surface area contributed by atoms with Gasteiger partial charge in [0.25, 0.3) is 0 Å². The van der Waals surface area contributed by atoms with Gasteiger partial charge in [-0.25, -0.2) is 14.8 Å². The zero-order valence-corrected chi connectivity index (χ0v) is 38.3. The first kappa shape index (κ1) is 46.7. The highest BCUT2D eigenvalue weighted by atomic mass is 16.7. The Balaban J connectivity index is 1.28. The maximum Gasteiger partial charge on any atom is 0.410 e. The number of ether oxygens (including phenoxy) is 6. The van der Waals surface area contributed by atoms with Gasteiger partial charge in [0.2, 0.25) is 0 Å². The van der Waals surface area contributed by atoms with E-state index in [0.29, 0.717) is 55.1 Å². The summed E-state index contributed by atoms with van der Waals surface area (Å²) >= 11 is 0. The standard InChI is InChI=1S/C45H66N8O10/c1-11-34-45(8)39-26(4)36(48-15-16-53(39)43(56)63-45)24(2)18-44(7)40(62-42-37(54)33(52(9)10)17-25(3)60-42)27(5)38(28(6)41(55)61-34)57-21-30(22-58-44)51-59-23-29-13-12-14-31(49-29)32-19-47-20-35(46)50-32/h12-14,19-20,24-28,33-34,37-40,42,54H,11,15-18,21-23H2,1-10H3,(H2,46,50)/t24-,25+,26+,27+,28+,33-,34-,37+,38+,39-,40-,42-,44-,45-/m1/s1. The molecule has 18 heteroatoms. The van der Waals surface area contributed by atoms with Crippen LogP contribution in [0.3, 0.4) is 0 Å². The maximum atomic E-state index is 14.6. The molecule has 3 N–H and O–H groups in total. The summed E-state index contributed by atoms with van der Waals surface area (Å²) < 4.78 is 39.9. The lowest BCUT2D eigenvalue weighted by Gasteiger charge is -2.48. The monoisotopic (exact) mass is 878 g/mol. The molecule has 4 fully saturated rings. The molecule has 0 spiro atoms. The molecule has 18 nitrogen and oxygen atoms in total. The second-order valence-electron chi connectivity index (χ2n) is 18.7. The molecule has 0 radical (unpaired) electrons. The smallest absolute Gasteiger partial charge is 0.410 e. The Morgan fingerprint density at radius 1 is 1.05 bits per heavy atom. The van der Waals surface area contributed by atoms with Crippen LogP contribution in [0, 0.1) is 23.7 Å². The molecule has 14 atom stereocenters. The molecule has 4 saturated heterocycles. The van der Waals surface area contributed by atoms with E-state index in [2.05, 4.69) is 34.0 Å². The Labute approximate surface area is 370 Å². The van der Waals surface area contributed by atoms with Crippen molar-refractivity contribution >= 4 is 29.3 Å². The highest BCUT2D eigenvalue weighted by Gasteiger charge is 2.60. The average molecular weight is 879 g/mol. The lowest BCUT2D eigenvalue weighted by Crippen LogP contribution is -2.60. The molecule has 5 aliphatic heterocycles. The number of fused-ring (bicyclic) bond motifs is 4. The van der Waals surface area contributed by atoms with Gasteiger partial charge < -0.3 is 49.0 Å². The van der Waals surface area contributed by atoms with E-state index in [0.717, 1.165) is 5.71 Å². The Morgan fingerprint density at radius 2 is 1.83 bits per heavy atom. The number of amides is 1. The topological polar surface area (TPSA) is 215 Å². The summed E-state index contributed by atoms with van der Waals surface area (Å²) in [5.74, 6) is -2.09. The van der Waals surface area contributed by atoms with Crippen LogP contribution in [0.1, 0.15) is 80.3 Å². The van der Waals surface area contributed by atoms with Gasteiger partial charge in [-0.05, 0) is 79.1 Å². The van der Waals surface area contributed by atoms with Crippen molar-refractivity contribution in [1.29, 1.82) is 0 Å². The molecule has 7 rings (SSSR count). The molecule has 0 aromatic carbocycles. The summed E-state index contributed by atoms with van der Waals surface area (Å²) in [4.78, 5) is 56.1. The Hall–Kier alpha value is -4.33.